The first-order valence-electron chi connectivity index (χ1n) is 5.87. The van der Waals surface area contributed by atoms with Crippen LogP contribution in [0, 0.1) is 0 Å². The van der Waals surface area contributed by atoms with E-state index in [1.54, 1.807) is 17.6 Å². The zero-order chi connectivity index (χ0) is 13.4. The quantitative estimate of drug-likeness (QED) is 0.606. The van der Waals surface area contributed by atoms with E-state index in [2.05, 4.69) is 10.1 Å². The second kappa shape index (κ2) is 4.47. The molecule has 3 heterocycles. The van der Waals surface area contributed by atoms with E-state index in [-0.39, 0.29) is 5.69 Å². The fourth-order valence-electron chi connectivity index (χ4n) is 2.17. The van der Waals surface area contributed by atoms with Crippen LogP contribution in [0.5, 0.6) is 0 Å². The molecule has 0 saturated carbocycles. The summed E-state index contributed by atoms with van der Waals surface area (Å²) in [5, 5.41) is 12.9. The number of aromatic nitrogens is 3. The molecule has 1 fully saturated rings. The number of amides is 1. The van der Waals surface area contributed by atoms with Gasteiger partial charge in [0.05, 0.1) is 12.7 Å². The van der Waals surface area contributed by atoms with E-state index >= 15 is 0 Å². The highest BCUT2D eigenvalue weighted by molar-refractivity contribution is 5.92. The molecule has 7 nitrogen and oxygen atoms in total. The lowest BCUT2D eigenvalue weighted by Gasteiger charge is -2.16. The van der Waals surface area contributed by atoms with Crippen LogP contribution in [-0.4, -0.2) is 45.0 Å². The Morgan fingerprint density at radius 3 is 3.05 bits per heavy atom. The minimum atomic E-state index is -0.847. The maximum atomic E-state index is 13.2. The van der Waals surface area contributed by atoms with E-state index < -0.39 is 12.1 Å². The molecule has 2 aromatic heterocycles. The molecule has 2 aromatic rings. The Balaban J connectivity index is 2.01. The van der Waals surface area contributed by atoms with Crippen LogP contribution >= 0.6 is 0 Å². The van der Waals surface area contributed by atoms with Gasteiger partial charge in [0.1, 0.15) is 12.0 Å². The van der Waals surface area contributed by atoms with Crippen LogP contribution in [0.3, 0.4) is 0 Å². The highest BCUT2D eigenvalue weighted by Gasteiger charge is 2.23. The van der Waals surface area contributed by atoms with Gasteiger partial charge in [0.25, 0.3) is 5.91 Å². The lowest BCUT2D eigenvalue weighted by molar-refractivity contribution is 0.0698. The molecule has 0 bridgehead atoms. The average molecular weight is 265 g/mol. The van der Waals surface area contributed by atoms with E-state index in [4.69, 9.17) is 5.21 Å². The van der Waals surface area contributed by atoms with Gasteiger partial charge in [-0.05, 0) is 18.6 Å². The van der Waals surface area contributed by atoms with Gasteiger partial charge in [-0.15, -0.1) is 5.10 Å². The van der Waals surface area contributed by atoms with Crippen molar-refractivity contribution in [3.63, 3.8) is 0 Å². The van der Waals surface area contributed by atoms with Crippen molar-refractivity contribution >= 4 is 17.4 Å². The van der Waals surface area contributed by atoms with Gasteiger partial charge in [-0.2, -0.15) is 0 Å². The fourth-order valence-corrected chi connectivity index (χ4v) is 2.17. The van der Waals surface area contributed by atoms with Gasteiger partial charge in [0.15, 0.2) is 11.3 Å². The SMILES string of the molecule is O=C(NO)c1cnc2ccc(N3CCC(F)C3)nn12. The maximum Gasteiger partial charge on any atom is 0.294 e. The molecule has 100 valence electrons. The fraction of sp³-hybridized carbons (Fsp3) is 0.364. The molecule has 1 aliphatic rings. The van der Waals surface area contributed by atoms with Crippen LogP contribution in [0.1, 0.15) is 16.9 Å². The predicted octanol–water partition coefficient (Wildman–Crippen LogP) is 0.397. The molecule has 2 N–H and O–H groups in total. The third kappa shape index (κ3) is 1.99. The molecule has 3 rings (SSSR count). The van der Waals surface area contributed by atoms with E-state index in [1.165, 1.54) is 10.7 Å². The van der Waals surface area contributed by atoms with Crippen molar-refractivity contribution in [2.24, 2.45) is 0 Å². The highest BCUT2D eigenvalue weighted by atomic mass is 19.1. The third-order valence-electron chi connectivity index (χ3n) is 3.14. The standard InChI is InChI=1S/C11H12FN5O2/c12-7-3-4-16(6-7)10-2-1-9-13-5-8(11(18)15-19)17(9)14-10/h1-2,5,7,19H,3-4,6H2,(H,15,18). The van der Waals surface area contributed by atoms with Crippen molar-refractivity contribution in [3.8, 4) is 0 Å². The Hall–Kier alpha value is -2.22. The molecule has 0 radical (unpaired) electrons. The van der Waals surface area contributed by atoms with E-state index in [9.17, 15) is 9.18 Å². The zero-order valence-electron chi connectivity index (χ0n) is 9.95. The number of nitrogens with one attached hydrogen (secondary N) is 1. The number of anilines is 1. The number of alkyl halides is 1. The third-order valence-corrected chi connectivity index (χ3v) is 3.14. The Kier molecular flexibility index (Phi) is 2.79. The first kappa shape index (κ1) is 11.8. The van der Waals surface area contributed by atoms with Crippen LogP contribution < -0.4 is 10.4 Å². The van der Waals surface area contributed by atoms with E-state index in [0.717, 1.165) is 0 Å². The molecular formula is C11H12FN5O2. The zero-order valence-corrected chi connectivity index (χ0v) is 9.95. The van der Waals surface area contributed by atoms with Gasteiger partial charge in [-0.3, -0.25) is 10.0 Å². The Morgan fingerprint density at radius 1 is 1.53 bits per heavy atom. The topological polar surface area (TPSA) is 82.8 Å². The summed E-state index contributed by atoms with van der Waals surface area (Å²) in [5.41, 5.74) is 2.15. The van der Waals surface area contributed by atoms with Gasteiger partial charge in [-0.1, -0.05) is 0 Å². The number of rotatable bonds is 2. The number of imidazole rings is 1. The maximum absolute atomic E-state index is 13.2. The first-order valence-corrected chi connectivity index (χ1v) is 5.87. The van der Waals surface area contributed by atoms with E-state index in [0.29, 0.717) is 31.0 Å². The number of carbonyl (C=O) groups excluding carboxylic acids is 1. The van der Waals surface area contributed by atoms with Crippen molar-refractivity contribution < 1.29 is 14.4 Å². The number of hydroxylamine groups is 1. The minimum absolute atomic E-state index is 0.121. The van der Waals surface area contributed by atoms with Crippen molar-refractivity contribution in [2.75, 3.05) is 18.0 Å². The van der Waals surface area contributed by atoms with Crippen LogP contribution in [0.15, 0.2) is 18.3 Å². The number of fused-ring (bicyclic) bond motifs is 1. The Bertz CT molecular complexity index is 629. The summed E-state index contributed by atoms with van der Waals surface area (Å²) >= 11 is 0. The van der Waals surface area contributed by atoms with Crippen molar-refractivity contribution in [1.82, 2.24) is 20.1 Å². The largest absolute Gasteiger partial charge is 0.352 e. The summed E-state index contributed by atoms with van der Waals surface area (Å²) in [5.74, 6) is -0.112. The summed E-state index contributed by atoms with van der Waals surface area (Å²) in [6.45, 7) is 0.893. The highest BCUT2D eigenvalue weighted by Crippen LogP contribution is 2.20. The molecule has 1 aliphatic heterocycles. The molecule has 0 spiro atoms. The molecule has 1 amide bonds. The average Bonchev–Trinajstić information content (AvgIpc) is 3.03. The minimum Gasteiger partial charge on any atom is -0.352 e. The number of halogens is 1. The summed E-state index contributed by atoms with van der Waals surface area (Å²) in [6.07, 6.45) is 0.952. The molecular weight excluding hydrogens is 253 g/mol. The summed E-state index contributed by atoms with van der Waals surface area (Å²) in [4.78, 5) is 17.3. The molecule has 1 saturated heterocycles. The van der Waals surface area contributed by atoms with Crippen LogP contribution in [0.25, 0.3) is 5.65 Å². The number of carbonyl (C=O) groups is 1. The van der Waals surface area contributed by atoms with Crippen molar-refractivity contribution in [2.45, 2.75) is 12.6 Å². The van der Waals surface area contributed by atoms with Crippen LogP contribution in [-0.2, 0) is 0 Å². The number of hydrogen-bond donors (Lipinski definition) is 2. The lowest BCUT2D eigenvalue weighted by atomic mass is 10.3. The first-order chi connectivity index (χ1) is 9.19. The van der Waals surface area contributed by atoms with Gasteiger partial charge < -0.3 is 4.90 Å². The van der Waals surface area contributed by atoms with Gasteiger partial charge in [-0.25, -0.2) is 19.4 Å². The molecule has 1 unspecified atom stereocenters. The number of hydrogen-bond acceptors (Lipinski definition) is 5. The second-order valence-electron chi connectivity index (χ2n) is 4.38. The normalized spacial score (nSPS) is 19.1. The van der Waals surface area contributed by atoms with Crippen molar-refractivity contribution in [3.05, 3.63) is 24.0 Å². The van der Waals surface area contributed by atoms with Gasteiger partial charge >= 0.3 is 0 Å². The predicted molar refractivity (Wildman–Crippen MR) is 64.0 cm³/mol. The number of nitrogens with zero attached hydrogens (tertiary/aromatic N) is 4. The summed E-state index contributed by atoms with van der Waals surface area (Å²) < 4.78 is 14.5. The molecule has 1 atom stereocenters. The van der Waals surface area contributed by atoms with Gasteiger partial charge in [0.2, 0.25) is 0 Å². The van der Waals surface area contributed by atoms with Crippen LogP contribution in [0.2, 0.25) is 0 Å². The summed E-state index contributed by atoms with van der Waals surface area (Å²) in [7, 11) is 0. The van der Waals surface area contributed by atoms with Gasteiger partial charge in [0, 0.05) is 6.54 Å². The molecule has 8 heteroatoms. The Morgan fingerprint density at radius 2 is 2.37 bits per heavy atom. The Labute approximate surface area is 107 Å². The molecule has 0 aliphatic carbocycles. The monoisotopic (exact) mass is 265 g/mol. The van der Waals surface area contributed by atoms with E-state index in [1.807, 2.05) is 4.90 Å². The van der Waals surface area contributed by atoms with Crippen molar-refractivity contribution in [1.29, 1.82) is 0 Å². The molecule has 19 heavy (non-hydrogen) atoms. The lowest BCUT2D eigenvalue weighted by Crippen LogP contribution is -2.24. The summed E-state index contributed by atoms with van der Waals surface area (Å²) in [6, 6.07) is 3.43. The molecule has 0 aromatic carbocycles. The smallest absolute Gasteiger partial charge is 0.294 e. The van der Waals surface area contributed by atoms with Crippen LogP contribution in [0.4, 0.5) is 10.2 Å². The second-order valence-corrected chi connectivity index (χ2v) is 4.38.